The SMILES string of the molecule is COCC1(C(=O)O)CCN(Cc2ccc(-c3noc(-c4ccc(C5CCCCC5)c(Cl)c4)n3)cc2)CC1. The van der Waals surface area contributed by atoms with Crippen molar-refractivity contribution in [3.63, 3.8) is 0 Å². The van der Waals surface area contributed by atoms with Crippen molar-refractivity contribution in [3.8, 4) is 22.8 Å². The summed E-state index contributed by atoms with van der Waals surface area (Å²) in [7, 11) is 1.56. The van der Waals surface area contributed by atoms with Crippen molar-refractivity contribution in [1.82, 2.24) is 15.0 Å². The molecule has 2 aliphatic rings. The molecule has 1 N–H and O–H groups in total. The molecule has 0 atom stereocenters. The lowest BCUT2D eigenvalue weighted by Gasteiger charge is -2.38. The third-order valence-electron chi connectivity index (χ3n) is 8.02. The van der Waals surface area contributed by atoms with Crippen molar-refractivity contribution in [1.29, 1.82) is 0 Å². The van der Waals surface area contributed by atoms with Crippen LogP contribution in [0.4, 0.5) is 0 Å². The van der Waals surface area contributed by atoms with Crippen LogP contribution in [-0.2, 0) is 16.1 Å². The number of carboxylic acids is 1. The number of benzene rings is 2. The molecule has 1 aliphatic heterocycles. The number of hydrogen-bond donors (Lipinski definition) is 1. The fourth-order valence-electron chi connectivity index (χ4n) is 5.72. The molecule has 1 saturated heterocycles. The summed E-state index contributed by atoms with van der Waals surface area (Å²) in [6.45, 7) is 2.49. The number of carboxylic acid groups (broad SMARTS) is 1. The molecule has 0 unspecified atom stereocenters. The molecule has 0 radical (unpaired) electrons. The maximum absolute atomic E-state index is 11.8. The number of rotatable bonds is 8. The molecule has 3 aromatic rings. The van der Waals surface area contributed by atoms with E-state index in [1.54, 1.807) is 7.11 Å². The van der Waals surface area contributed by atoms with Gasteiger partial charge in [0.25, 0.3) is 5.89 Å². The number of aromatic nitrogens is 2. The number of likely N-dealkylation sites (tertiary alicyclic amines) is 1. The van der Waals surface area contributed by atoms with Crippen molar-refractivity contribution in [2.75, 3.05) is 26.8 Å². The zero-order valence-corrected chi connectivity index (χ0v) is 22.0. The van der Waals surface area contributed by atoms with E-state index in [1.807, 2.05) is 24.3 Å². The van der Waals surface area contributed by atoms with E-state index < -0.39 is 11.4 Å². The van der Waals surface area contributed by atoms with Crippen LogP contribution >= 0.6 is 11.6 Å². The predicted octanol–water partition coefficient (Wildman–Crippen LogP) is 6.42. The highest BCUT2D eigenvalue weighted by molar-refractivity contribution is 6.31. The summed E-state index contributed by atoms with van der Waals surface area (Å²) >= 11 is 6.65. The molecule has 2 aromatic carbocycles. The summed E-state index contributed by atoms with van der Waals surface area (Å²) in [5.74, 6) is 0.780. The summed E-state index contributed by atoms with van der Waals surface area (Å²) in [5.41, 5.74) is 3.32. The van der Waals surface area contributed by atoms with E-state index in [1.165, 1.54) is 37.7 Å². The van der Waals surface area contributed by atoms with Gasteiger partial charge in [-0.25, -0.2) is 0 Å². The number of methoxy groups -OCH3 is 1. The van der Waals surface area contributed by atoms with Gasteiger partial charge >= 0.3 is 5.97 Å². The van der Waals surface area contributed by atoms with Gasteiger partial charge in [0, 0.05) is 29.8 Å². The number of carbonyl (C=O) groups is 1. The monoisotopic (exact) mass is 523 g/mol. The molecule has 0 spiro atoms. The van der Waals surface area contributed by atoms with Crippen LogP contribution < -0.4 is 0 Å². The topological polar surface area (TPSA) is 88.7 Å². The number of nitrogens with zero attached hydrogens (tertiary/aromatic N) is 3. The van der Waals surface area contributed by atoms with Gasteiger partial charge < -0.3 is 14.4 Å². The number of aliphatic carboxylic acids is 1. The van der Waals surface area contributed by atoms with Crippen LogP contribution in [0.5, 0.6) is 0 Å². The van der Waals surface area contributed by atoms with Gasteiger partial charge in [-0.1, -0.05) is 66.4 Å². The highest BCUT2D eigenvalue weighted by Gasteiger charge is 2.41. The van der Waals surface area contributed by atoms with Crippen molar-refractivity contribution >= 4 is 17.6 Å². The predicted molar refractivity (Wildman–Crippen MR) is 142 cm³/mol. The summed E-state index contributed by atoms with van der Waals surface area (Å²) in [6, 6.07) is 14.2. The Kier molecular flexibility index (Phi) is 7.93. The van der Waals surface area contributed by atoms with Crippen LogP contribution in [0.25, 0.3) is 22.8 Å². The lowest BCUT2D eigenvalue weighted by molar-refractivity contribution is -0.156. The first-order valence-corrected chi connectivity index (χ1v) is 13.5. The van der Waals surface area contributed by atoms with Crippen molar-refractivity contribution < 1.29 is 19.2 Å². The smallest absolute Gasteiger partial charge is 0.312 e. The van der Waals surface area contributed by atoms with Crippen molar-refractivity contribution in [3.05, 3.63) is 58.6 Å². The van der Waals surface area contributed by atoms with E-state index in [0.717, 1.165) is 41.3 Å². The fourth-order valence-corrected chi connectivity index (χ4v) is 6.05. The highest BCUT2D eigenvalue weighted by atomic mass is 35.5. The number of halogens is 1. The van der Waals surface area contributed by atoms with Crippen LogP contribution in [0.1, 0.15) is 62.0 Å². The van der Waals surface area contributed by atoms with Crippen LogP contribution in [0.2, 0.25) is 5.02 Å². The molecular formula is C29H34ClN3O4. The zero-order valence-electron chi connectivity index (χ0n) is 21.3. The van der Waals surface area contributed by atoms with Gasteiger partial charge in [0.2, 0.25) is 5.82 Å². The maximum atomic E-state index is 11.8. The van der Waals surface area contributed by atoms with E-state index in [9.17, 15) is 9.90 Å². The largest absolute Gasteiger partial charge is 0.481 e. The van der Waals surface area contributed by atoms with Gasteiger partial charge in [-0.15, -0.1) is 0 Å². The molecule has 1 aromatic heterocycles. The lowest BCUT2D eigenvalue weighted by Crippen LogP contribution is -2.46. The molecule has 196 valence electrons. The summed E-state index contributed by atoms with van der Waals surface area (Å²) < 4.78 is 10.8. The molecular weight excluding hydrogens is 490 g/mol. The Hall–Kier alpha value is -2.74. The van der Waals surface area contributed by atoms with E-state index in [0.29, 0.717) is 30.5 Å². The summed E-state index contributed by atoms with van der Waals surface area (Å²) in [4.78, 5) is 18.7. The third-order valence-corrected chi connectivity index (χ3v) is 8.35. The van der Waals surface area contributed by atoms with Crippen LogP contribution in [-0.4, -0.2) is 52.9 Å². The molecule has 37 heavy (non-hydrogen) atoms. The van der Waals surface area contributed by atoms with Gasteiger partial charge in [-0.2, -0.15) is 4.98 Å². The minimum atomic E-state index is -0.772. The van der Waals surface area contributed by atoms with Gasteiger partial charge in [0.1, 0.15) is 0 Å². The average molecular weight is 524 g/mol. The molecule has 0 amide bonds. The standard InChI is InChI=1S/C29H34ClN3O4/c1-36-19-29(28(34)35)13-15-33(16-14-29)18-20-7-9-22(10-8-20)26-31-27(37-32-26)23-11-12-24(25(30)17-23)21-5-3-2-4-6-21/h7-12,17,21H,2-6,13-16,18-19H2,1H3,(H,34,35). The molecule has 2 fully saturated rings. The first-order chi connectivity index (χ1) is 18.0. The van der Waals surface area contributed by atoms with Crippen LogP contribution in [0.3, 0.4) is 0 Å². The number of hydrogen-bond acceptors (Lipinski definition) is 6. The Morgan fingerprint density at radius 2 is 1.81 bits per heavy atom. The van der Waals surface area contributed by atoms with Crippen molar-refractivity contribution in [2.45, 2.75) is 57.4 Å². The van der Waals surface area contributed by atoms with E-state index in [4.69, 9.17) is 20.9 Å². The summed E-state index contributed by atoms with van der Waals surface area (Å²) in [6.07, 6.45) is 7.44. The first-order valence-electron chi connectivity index (χ1n) is 13.1. The first kappa shape index (κ1) is 25.9. The third kappa shape index (κ3) is 5.74. The number of piperidine rings is 1. The number of ether oxygens (including phenoxy) is 1. The van der Waals surface area contributed by atoms with Gasteiger partial charge in [-0.05, 0) is 68.0 Å². The fraction of sp³-hybridized carbons (Fsp3) is 0.483. The Balaban J connectivity index is 1.21. The Labute approximate surface area is 222 Å². The lowest BCUT2D eigenvalue weighted by atomic mass is 9.79. The normalized spacial score (nSPS) is 18.6. The second-order valence-corrected chi connectivity index (χ2v) is 10.9. The van der Waals surface area contributed by atoms with E-state index >= 15 is 0 Å². The Bertz CT molecular complexity index is 1210. The molecule has 8 heteroatoms. The summed E-state index contributed by atoms with van der Waals surface area (Å²) in [5, 5.41) is 14.6. The van der Waals surface area contributed by atoms with Gasteiger partial charge in [-0.3, -0.25) is 9.69 Å². The second kappa shape index (κ2) is 11.3. The molecule has 1 saturated carbocycles. The van der Waals surface area contributed by atoms with Crippen molar-refractivity contribution in [2.24, 2.45) is 5.41 Å². The zero-order chi connectivity index (χ0) is 25.8. The quantitative estimate of drug-likeness (QED) is 0.364. The molecule has 0 bridgehead atoms. The molecule has 1 aliphatic carbocycles. The average Bonchev–Trinajstić information content (AvgIpc) is 3.41. The van der Waals surface area contributed by atoms with Crippen LogP contribution in [0.15, 0.2) is 47.0 Å². The maximum Gasteiger partial charge on any atom is 0.312 e. The molecule has 2 heterocycles. The highest BCUT2D eigenvalue weighted by Crippen LogP contribution is 2.38. The Morgan fingerprint density at radius 1 is 1.11 bits per heavy atom. The van der Waals surface area contributed by atoms with E-state index in [-0.39, 0.29) is 6.61 Å². The van der Waals surface area contributed by atoms with Gasteiger partial charge in [0.05, 0.1) is 12.0 Å². The van der Waals surface area contributed by atoms with E-state index in [2.05, 4.69) is 33.2 Å². The van der Waals surface area contributed by atoms with Gasteiger partial charge in [0.15, 0.2) is 0 Å². The Morgan fingerprint density at radius 3 is 2.46 bits per heavy atom. The van der Waals surface area contributed by atoms with Crippen LogP contribution in [0, 0.1) is 5.41 Å². The minimum Gasteiger partial charge on any atom is -0.481 e. The minimum absolute atomic E-state index is 0.258. The molecule has 5 rings (SSSR count). The molecule has 7 nitrogen and oxygen atoms in total. The second-order valence-electron chi connectivity index (χ2n) is 10.5.